The third-order valence-corrected chi connectivity index (χ3v) is 7.21. The van der Waals surface area contributed by atoms with E-state index < -0.39 is 10.0 Å². The summed E-state index contributed by atoms with van der Waals surface area (Å²) in [4.78, 5) is 13.0. The van der Waals surface area contributed by atoms with Crippen molar-refractivity contribution >= 4 is 15.9 Å². The van der Waals surface area contributed by atoms with Gasteiger partial charge in [0.2, 0.25) is 10.0 Å². The molecule has 1 saturated heterocycles. The first-order chi connectivity index (χ1) is 13.8. The summed E-state index contributed by atoms with van der Waals surface area (Å²) in [7, 11) is -3.58. The molecule has 0 unspecified atom stereocenters. The van der Waals surface area contributed by atoms with Gasteiger partial charge in [-0.3, -0.25) is 4.79 Å². The molecule has 1 heterocycles. The lowest BCUT2D eigenvalue weighted by Gasteiger charge is -2.19. The van der Waals surface area contributed by atoms with E-state index in [0.29, 0.717) is 30.8 Å². The van der Waals surface area contributed by atoms with E-state index in [4.69, 9.17) is 4.74 Å². The van der Waals surface area contributed by atoms with Crippen LogP contribution in [-0.2, 0) is 10.0 Å². The summed E-state index contributed by atoms with van der Waals surface area (Å²) in [5.41, 5.74) is 1.93. The van der Waals surface area contributed by atoms with Crippen LogP contribution in [0.2, 0.25) is 0 Å². The van der Waals surface area contributed by atoms with Crippen LogP contribution in [0, 0.1) is 6.92 Å². The maximum absolute atomic E-state index is 12.9. The fourth-order valence-corrected chi connectivity index (χ4v) is 5.24. The average Bonchev–Trinajstić information content (AvgIpc) is 3.24. The second kappa shape index (κ2) is 8.97. The normalized spacial score (nSPS) is 15.8. The van der Waals surface area contributed by atoms with Gasteiger partial charge in [0, 0.05) is 18.7 Å². The highest BCUT2D eigenvalue weighted by Gasteiger charge is 2.29. The zero-order chi connectivity index (χ0) is 21.0. The van der Waals surface area contributed by atoms with E-state index in [2.05, 4.69) is 5.32 Å². The van der Waals surface area contributed by atoms with Crippen LogP contribution in [0.25, 0.3) is 0 Å². The maximum Gasteiger partial charge on any atom is 0.251 e. The molecule has 7 heteroatoms. The number of benzene rings is 2. The van der Waals surface area contributed by atoms with Crippen LogP contribution in [0.5, 0.6) is 5.75 Å². The van der Waals surface area contributed by atoms with E-state index >= 15 is 0 Å². The number of rotatable bonds is 7. The molecule has 0 spiro atoms. The van der Waals surface area contributed by atoms with Gasteiger partial charge in [-0.1, -0.05) is 18.2 Å². The van der Waals surface area contributed by atoms with Gasteiger partial charge < -0.3 is 10.1 Å². The minimum atomic E-state index is -3.58. The van der Waals surface area contributed by atoms with Crippen molar-refractivity contribution in [2.24, 2.45) is 0 Å². The molecule has 0 aromatic heterocycles. The lowest BCUT2D eigenvalue weighted by atomic mass is 10.1. The lowest BCUT2D eigenvalue weighted by molar-refractivity contribution is 0.0939. The van der Waals surface area contributed by atoms with Crippen molar-refractivity contribution in [3.05, 3.63) is 59.2 Å². The summed E-state index contributed by atoms with van der Waals surface area (Å²) in [5, 5.41) is 2.94. The topological polar surface area (TPSA) is 75.7 Å². The van der Waals surface area contributed by atoms with Crippen LogP contribution in [0.4, 0.5) is 0 Å². The predicted octanol–water partition coefficient (Wildman–Crippen LogP) is 3.67. The van der Waals surface area contributed by atoms with Crippen molar-refractivity contribution in [3.8, 4) is 5.75 Å². The number of carbonyl (C=O) groups is 1. The second-order valence-corrected chi connectivity index (χ2v) is 9.20. The van der Waals surface area contributed by atoms with Crippen LogP contribution < -0.4 is 10.1 Å². The molecule has 0 aliphatic carbocycles. The Bertz CT molecular complexity index is 965. The molecule has 1 amide bonds. The van der Waals surface area contributed by atoms with Gasteiger partial charge in [0.05, 0.1) is 17.5 Å². The number of aryl methyl sites for hydroxylation is 1. The van der Waals surface area contributed by atoms with Gasteiger partial charge in [0.25, 0.3) is 5.91 Å². The number of amides is 1. The third-order valence-electron chi connectivity index (χ3n) is 5.17. The number of hydrogen-bond donors (Lipinski definition) is 1. The van der Waals surface area contributed by atoms with Crippen molar-refractivity contribution in [2.45, 2.75) is 44.6 Å². The molecule has 3 rings (SSSR count). The molecule has 1 fully saturated rings. The molecular weight excluding hydrogens is 388 g/mol. The summed E-state index contributed by atoms with van der Waals surface area (Å²) in [6, 6.07) is 12.2. The van der Waals surface area contributed by atoms with Gasteiger partial charge in [-0.05, 0) is 69.0 Å². The Morgan fingerprint density at radius 1 is 1.14 bits per heavy atom. The molecule has 1 atom stereocenters. The van der Waals surface area contributed by atoms with Gasteiger partial charge in [-0.2, -0.15) is 4.31 Å². The maximum atomic E-state index is 12.9. The number of nitrogens with zero attached hydrogens (tertiary/aromatic N) is 1. The highest BCUT2D eigenvalue weighted by atomic mass is 32.2. The molecule has 6 nitrogen and oxygen atoms in total. The Balaban J connectivity index is 1.77. The Labute approximate surface area is 172 Å². The first kappa shape index (κ1) is 21.3. The van der Waals surface area contributed by atoms with Crippen molar-refractivity contribution in [1.82, 2.24) is 9.62 Å². The minimum Gasteiger partial charge on any atom is -0.494 e. The number of hydrogen-bond acceptors (Lipinski definition) is 4. The highest BCUT2D eigenvalue weighted by molar-refractivity contribution is 7.89. The highest BCUT2D eigenvalue weighted by Crippen LogP contribution is 2.25. The third kappa shape index (κ3) is 4.79. The van der Waals surface area contributed by atoms with Crippen molar-refractivity contribution < 1.29 is 17.9 Å². The molecule has 1 N–H and O–H groups in total. The first-order valence-corrected chi connectivity index (χ1v) is 11.4. The Morgan fingerprint density at radius 3 is 2.41 bits per heavy atom. The Hall–Kier alpha value is -2.38. The van der Waals surface area contributed by atoms with Gasteiger partial charge in [-0.15, -0.1) is 0 Å². The number of carbonyl (C=O) groups excluding carboxylic acids is 1. The Kier molecular flexibility index (Phi) is 6.59. The molecule has 1 aliphatic heterocycles. The molecule has 0 radical (unpaired) electrons. The summed E-state index contributed by atoms with van der Waals surface area (Å²) >= 11 is 0. The quantitative estimate of drug-likeness (QED) is 0.747. The fourth-order valence-electron chi connectivity index (χ4n) is 3.47. The zero-order valence-electron chi connectivity index (χ0n) is 17.1. The molecule has 156 valence electrons. The number of nitrogens with one attached hydrogen (secondary N) is 1. The summed E-state index contributed by atoms with van der Waals surface area (Å²) in [5.74, 6) is 0.481. The van der Waals surface area contributed by atoms with Crippen LogP contribution in [-0.4, -0.2) is 38.3 Å². The van der Waals surface area contributed by atoms with Crippen LogP contribution in [0.15, 0.2) is 47.4 Å². The van der Waals surface area contributed by atoms with E-state index in [1.165, 1.54) is 10.4 Å². The average molecular weight is 417 g/mol. The molecule has 0 bridgehead atoms. The van der Waals surface area contributed by atoms with E-state index in [0.717, 1.165) is 24.2 Å². The van der Waals surface area contributed by atoms with Gasteiger partial charge in [-0.25, -0.2) is 8.42 Å². The number of ether oxygens (including phenoxy) is 1. The van der Waals surface area contributed by atoms with Crippen LogP contribution in [0.1, 0.15) is 54.2 Å². The van der Waals surface area contributed by atoms with Crippen molar-refractivity contribution in [2.75, 3.05) is 19.7 Å². The van der Waals surface area contributed by atoms with Crippen molar-refractivity contribution in [3.63, 3.8) is 0 Å². The lowest BCUT2D eigenvalue weighted by Crippen LogP contribution is -2.30. The first-order valence-electron chi connectivity index (χ1n) is 9.97. The molecule has 0 saturated carbocycles. The molecule has 2 aromatic rings. The summed E-state index contributed by atoms with van der Waals surface area (Å²) < 4.78 is 32.8. The monoisotopic (exact) mass is 416 g/mol. The van der Waals surface area contributed by atoms with Gasteiger partial charge >= 0.3 is 0 Å². The molecule has 1 aliphatic rings. The standard InChI is InChI=1S/C22H28N2O4S/c1-4-28-20-11-9-18(10-12-20)17(3)23-22(25)19-8-7-16(2)21(15-19)29(26,27)24-13-5-6-14-24/h7-12,15,17H,4-6,13-14H2,1-3H3,(H,23,25)/t17-/m1/s1. The SMILES string of the molecule is CCOc1ccc([C@@H](C)NC(=O)c2ccc(C)c(S(=O)(=O)N3CCCC3)c2)cc1. The van der Waals surface area contributed by atoms with E-state index in [-0.39, 0.29) is 16.8 Å². The molecule has 2 aromatic carbocycles. The predicted molar refractivity (Wildman–Crippen MR) is 113 cm³/mol. The van der Waals surface area contributed by atoms with Crippen LogP contribution >= 0.6 is 0 Å². The van der Waals surface area contributed by atoms with Crippen LogP contribution in [0.3, 0.4) is 0 Å². The molecule has 29 heavy (non-hydrogen) atoms. The van der Waals surface area contributed by atoms with E-state index in [1.807, 2.05) is 38.1 Å². The zero-order valence-corrected chi connectivity index (χ0v) is 18.0. The smallest absolute Gasteiger partial charge is 0.251 e. The molecular formula is C22H28N2O4S. The summed E-state index contributed by atoms with van der Waals surface area (Å²) in [6.07, 6.45) is 1.75. The summed E-state index contributed by atoms with van der Waals surface area (Å²) in [6.45, 7) is 7.25. The second-order valence-electron chi connectivity index (χ2n) is 7.29. The van der Waals surface area contributed by atoms with Gasteiger partial charge in [0.15, 0.2) is 0 Å². The Morgan fingerprint density at radius 2 is 1.79 bits per heavy atom. The van der Waals surface area contributed by atoms with E-state index in [9.17, 15) is 13.2 Å². The van der Waals surface area contributed by atoms with E-state index in [1.54, 1.807) is 19.1 Å². The number of sulfonamides is 1. The largest absolute Gasteiger partial charge is 0.494 e. The fraction of sp³-hybridized carbons (Fsp3) is 0.409. The van der Waals surface area contributed by atoms with Gasteiger partial charge in [0.1, 0.15) is 5.75 Å². The van der Waals surface area contributed by atoms with Crippen molar-refractivity contribution in [1.29, 1.82) is 0 Å². The minimum absolute atomic E-state index is 0.209.